The molecule has 0 N–H and O–H groups in total. The largest absolute Gasteiger partial charge is 0.497 e. The molecule has 0 aliphatic carbocycles. The molecule has 3 aromatic carbocycles. The van der Waals surface area contributed by atoms with Crippen molar-refractivity contribution < 1.29 is 22.9 Å². The molecular weight excluding hydrogens is 420 g/mol. The van der Waals surface area contributed by atoms with Crippen LogP contribution in [0.4, 0.5) is 5.69 Å². The molecule has 4 rings (SSSR count). The maximum absolute atomic E-state index is 13.4. The van der Waals surface area contributed by atoms with Gasteiger partial charge in [0.15, 0.2) is 0 Å². The standard InChI is InChI=1S/C22H20N2O6S/c1-29-19-9-5-8-17(14-19)22-15-21(16-6-3-2-4-7-16)24(30-22)31(27,28)20-12-10-18(11-13-20)23(25)26/h2-14,21-22H,15H2,1H3. The number of benzene rings is 3. The minimum absolute atomic E-state index is 0.0784. The summed E-state index contributed by atoms with van der Waals surface area (Å²) in [5.74, 6) is 0.647. The van der Waals surface area contributed by atoms with Gasteiger partial charge in [0, 0.05) is 18.6 Å². The summed E-state index contributed by atoms with van der Waals surface area (Å²) in [6.45, 7) is 0. The number of non-ortho nitro benzene ring substituents is 1. The maximum Gasteiger partial charge on any atom is 0.269 e. The third kappa shape index (κ3) is 4.15. The summed E-state index contributed by atoms with van der Waals surface area (Å²) in [6.07, 6.45) is -0.100. The van der Waals surface area contributed by atoms with Gasteiger partial charge in [-0.1, -0.05) is 46.9 Å². The van der Waals surface area contributed by atoms with E-state index in [9.17, 15) is 18.5 Å². The van der Waals surface area contributed by atoms with Gasteiger partial charge in [-0.15, -0.1) is 0 Å². The van der Waals surface area contributed by atoms with Crippen molar-refractivity contribution in [3.8, 4) is 5.75 Å². The van der Waals surface area contributed by atoms with Gasteiger partial charge < -0.3 is 4.74 Å². The molecule has 31 heavy (non-hydrogen) atoms. The average molecular weight is 440 g/mol. The van der Waals surface area contributed by atoms with Crippen molar-refractivity contribution in [1.82, 2.24) is 4.47 Å². The van der Waals surface area contributed by atoms with E-state index in [1.165, 1.54) is 24.3 Å². The van der Waals surface area contributed by atoms with E-state index in [1.54, 1.807) is 13.2 Å². The Bertz CT molecular complexity index is 1180. The smallest absolute Gasteiger partial charge is 0.269 e. The molecule has 0 bridgehead atoms. The number of nitro benzene ring substituents is 1. The van der Waals surface area contributed by atoms with E-state index in [2.05, 4.69) is 0 Å². The molecule has 0 spiro atoms. The van der Waals surface area contributed by atoms with Gasteiger partial charge in [-0.3, -0.25) is 15.0 Å². The molecule has 2 unspecified atom stereocenters. The maximum atomic E-state index is 13.4. The van der Waals surface area contributed by atoms with Crippen LogP contribution < -0.4 is 4.74 Å². The van der Waals surface area contributed by atoms with Crippen LogP contribution in [-0.4, -0.2) is 24.9 Å². The second kappa shape index (κ2) is 8.46. The van der Waals surface area contributed by atoms with E-state index in [-0.39, 0.29) is 10.6 Å². The van der Waals surface area contributed by atoms with E-state index in [1.807, 2.05) is 48.5 Å². The predicted octanol–water partition coefficient (Wildman–Crippen LogP) is 4.41. The molecule has 3 aromatic rings. The third-order valence-electron chi connectivity index (χ3n) is 5.16. The number of ether oxygens (including phenoxy) is 1. The fraction of sp³-hybridized carbons (Fsp3) is 0.182. The summed E-state index contributed by atoms with van der Waals surface area (Å²) in [5, 5.41) is 10.9. The molecule has 0 aromatic heterocycles. The topological polar surface area (TPSA) is 99.0 Å². The van der Waals surface area contributed by atoms with Crippen LogP contribution in [0.3, 0.4) is 0 Å². The number of hydrogen-bond donors (Lipinski definition) is 0. The highest BCUT2D eigenvalue weighted by molar-refractivity contribution is 7.89. The van der Waals surface area contributed by atoms with Crippen LogP contribution in [0.15, 0.2) is 83.8 Å². The van der Waals surface area contributed by atoms with Gasteiger partial charge in [-0.05, 0) is 35.4 Å². The summed E-state index contributed by atoms with van der Waals surface area (Å²) in [5.41, 5.74) is 1.40. The van der Waals surface area contributed by atoms with Crippen molar-refractivity contribution in [2.75, 3.05) is 7.11 Å². The van der Waals surface area contributed by atoms with Gasteiger partial charge >= 0.3 is 0 Å². The molecule has 1 fully saturated rings. The number of nitro groups is 1. The van der Waals surface area contributed by atoms with Crippen molar-refractivity contribution in [2.45, 2.75) is 23.5 Å². The molecular formula is C22H20N2O6S. The molecule has 9 heteroatoms. The Labute approximate surface area is 179 Å². The molecule has 8 nitrogen and oxygen atoms in total. The van der Waals surface area contributed by atoms with Crippen molar-refractivity contribution in [3.05, 3.63) is 100 Å². The van der Waals surface area contributed by atoms with Crippen LogP contribution >= 0.6 is 0 Å². The van der Waals surface area contributed by atoms with Gasteiger partial charge in [0.2, 0.25) is 0 Å². The highest BCUT2D eigenvalue weighted by atomic mass is 32.2. The van der Waals surface area contributed by atoms with E-state index >= 15 is 0 Å². The average Bonchev–Trinajstić information content (AvgIpc) is 3.26. The van der Waals surface area contributed by atoms with Gasteiger partial charge in [-0.2, -0.15) is 0 Å². The lowest BCUT2D eigenvalue weighted by Crippen LogP contribution is -2.29. The Balaban J connectivity index is 1.72. The molecule has 1 aliphatic heterocycles. The Hall–Kier alpha value is -3.27. The summed E-state index contributed by atoms with van der Waals surface area (Å²) < 4.78 is 33.1. The van der Waals surface area contributed by atoms with Crippen LogP contribution in [0, 0.1) is 10.1 Å². The van der Waals surface area contributed by atoms with Crippen molar-refractivity contribution in [1.29, 1.82) is 0 Å². The molecule has 1 saturated heterocycles. The molecule has 0 radical (unpaired) electrons. The number of rotatable bonds is 6. The minimum Gasteiger partial charge on any atom is -0.497 e. The lowest BCUT2D eigenvalue weighted by atomic mass is 9.98. The normalized spacial score (nSPS) is 19.3. The number of nitrogens with zero attached hydrogens (tertiary/aromatic N) is 2. The van der Waals surface area contributed by atoms with E-state index in [4.69, 9.17) is 9.57 Å². The SMILES string of the molecule is COc1cccc(C2CC(c3ccccc3)N(S(=O)(=O)c3ccc([N+](=O)[O-])cc3)O2)c1. The molecule has 1 heterocycles. The molecule has 0 amide bonds. The first-order chi connectivity index (χ1) is 14.9. The van der Waals surface area contributed by atoms with E-state index < -0.39 is 27.1 Å². The van der Waals surface area contributed by atoms with Crippen LogP contribution in [0.1, 0.15) is 29.7 Å². The fourth-order valence-electron chi connectivity index (χ4n) is 3.57. The molecule has 0 saturated carbocycles. The number of hydrogen-bond acceptors (Lipinski definition) is 6. The Morgan fingerprint density at radius 2 is 1.68 bits per heavy atom. The monoisotopic (exact) mass is 440 g/mol. The van der Waals surface area contributed by atoms with Gasteiger partial charge in [0.05, 0.1) is 23.0 Å². The first-order valence-electron chi connectivity index (χ1n) is 9.54. The summed E-state index contributed by atoms with van der Waals surface area (Å²) in [4.78, 5) is 16.2. The zero-order valence-corrected chi connectivity index (χ0v) is 17.4. The third-order valence-corrected chi connectivity index (χ3v) is 6.84. The van der Waals surface area contributed by atoms with Crippen LogP contribution in [0.2, 0.25) is 0 Å². The number of hydroxylamine groups is 1. The van der Waals surface area contributed by atoms with Crippen LogP contribution in [0.25, 0.3) is 0 Å². The highest BCUT2D eigenvalue weighted by Gasteiger charge is 2.43. The van der Waals surface area contributed by atoms with Crippen molar-refractivity contribution in [2.24, 2.45) is 0 Å². The van der Waals surface area contributed by atoms with Crippen molar-refractivity contribution in [3.63, 3.8) is 0 Å². The second-order valence-corrected chi connectivity index (χ2v) is 8.83. The summed E-state index contributed by atoms with van der Waals surface area (Å²) in [6, 6.07) is 20.7. The number of sulfonamides is 1. The fourth-order valence-corrected chi connectivity index (χ4v) is 5.02. The Morgan fingerprint density at radius 3 is 2.32 bits per heavy atom. The summed E-state index contributed by atoms with van der Waals surface area (Å²) in [7, 11) is -2.52. The van der Waals surface area contributed by atoms with Crippen LogP contribution in [-0.2, 0) is 14.9 Å². The molecule has 160 valence electrons. The molecule has 1 aliphatic rings. The van der Waals surface area contributed by atoms with E-state index in [0.717, 1.165) is 15.6 Å². The zero-order valence-electron chi connectivity index (χ0n) is 16.6. The van der Waals surface area contributed by atoms with Gasteiger partial charge in [-0.25, -0.2) is 8.42 Å². The predicted molar refractivity (Wildman–Crippen MR) is 113 cm³/mol. The zero-order chi connectivity index (χ0) is 22.0. The highest BCUT2D eigenvalue weighted by Crippen LogP contribution is 2.45. The Kier molecular flexibility index (Phi) is 5.73. The lowest BCUT2D eigenvalue weighted by Gasteiger charge is -2.22. The lowest BCUT2D eigenvalue weighted by molar-refractivity contribution is -0.384. The van der Waals surface area contributed by atoms with Gasteiger partial charge in [0.1, 0.15) is 11.9 Å². The van der Waals surface area contributed by atoms with Crippen LogP contribution in [0.5, 0.6) is 5.75 Å². The Morgan fingerprint density at radius 1 is 1.00 bits per heavy atom. The quantitative estimate of drug-likeness (QED) is 0.416. The minimum atomic E-state index is -4.08. The van der Waals surface area contributed by atoms with Gasteiger partial charge in [0.25, 0.3) is 15.7 Å². The molecule has 2 atom stereocenters. The van der Waals surface area contributed by atoms with E-state index in [0.29, 0.717) is 12.2 Å². The first kappa shape index (κ1) is 21.0. The number of methoxy groups -OCH3 is 1. The summed E-state index contributed by atoms with van der Waals surface area (Å²) >= 11 is 0. The first-order valence-corrected chi connectivity index (χ1v) is 11.0. The van der Waals surface area contributed by atoms with Crippen molar-refractivity contribution >= 4 is 15.7 Å². The second-order valence-electron chi connectivity index (χ2n) is 7.04.